The molecule has 0 aliphatic carbocycles. The van der Waals surface area contributed by atoms with Gasteiger partial charge < -0.3 is 14.8 Å². The second-order valence-electron chi connectivity index (χ2n) is 6.65. The van der Waals surface area contributed by atoms with Gasteiger partial charge in [-0.3, -0.25) is 0 Å². The standard InChI is InChI=1S/C19H26BrNO4/c1-6-24-17(22)13(2)11-16(21-18(23)25-19(3,4)5)12-14-7-9-15(20)10-8-14/h7-11,16H,6,12H2,1-5H3,(H,21,23)/t16-/m0/s1. The molecule has 0 aromatic heterocycles. The van der Waals surface area contributed by atoms with Crippen LogP contribution >= 0.6 is 15.9 Å². The molecule has 1 rings (SSSR count). The second kappa shape index (κ2) is 9.61. The number of hydrogen-bond donors (Lipinski definition) is 1. The summed E-state index contributed by atoms with van der Waals surface area (Å²) in [7, 11) is 0. The number of carbonyl (C=O) groups excluding carboxylic acids is 2. The fourth-order valence-electron chi connectivity index (χ4n) is 2.10. The summed E-state index contributed by atoms with van der Waals surface area (Å²) in [5.74, 6) is -0.394. The summed E-state index contributed by atoms with van der Waals surface area (Å²) in [6, 6.07) is 7.40. The van der Waals surface area contributed by atoms with Crippen molar-refractivity contribution in [3.63, 3.8) is 0 Å². The van der Waals surface area contributed by atoms with Crippen molar-refractivity contribution in [2.75, 3.05) is 6.61 Å². The van der Waals surface area contributed by atoms with E-state index in [1.807, 2.05) is 24.3 Å². The van der Waals surface area contributed by atoms with E-state index in [9.17, 15) is 9.59 Å². The minimum Gasteiger partial charge on any atom is -0.463 e. The van der Waals surface area contributed by atoms with Gasteiger partial charge in [-0.2, -0.15) is 0 Å². The zero-order valence-electron chi connectivity index (χ0n) is 15.4. The Bertz CT molecular complexity index is 617. The van der Waals surface area contributed by atoms with Crippen molar-refractivity contribution in [3.05, 3.63) is 46.0 Å². The molecule has 25 heavy (non-hydrogen) atoms. The topological polar surface area (TPSA) is 64.6 Å². The maximum Gasteiger partial charge on any atom is 0.408 e. The highest BCUT2D eigenvalue weighted by atomic mass is 79.9. The largest absolute Gasteiger partial charge is 0.463 e. The van der Waals surface area contributed by atoms with E-state index in [1.165, 1.54) is 0 Å². The highest BCUT2D eigenvalue weighted by Gasteiger charge is 2.20. The molecule has 6 heteroatoms. The molecule has 0 bridgehead atoms. The van der Waals surface area contributed by atoms with E-state index in [2.05, 4.69) is 21.2 Å². The quantitative estimate of drug-likeness (QED) is 0.556. The zero-order valence-corrected chi connectivity index (χ0v) is 17.0. The first kappa shape index (κ1) is 21.2. The van der Waals surface area contributed by atoms with Crippen molar-refractivity contribution < 1.29 is 19.1 Å². The highest BCUT2D eigenvalue weighted by molar-refractivity contribution is 9.10. The van der Waals surface area contributed by atoms with Gasteiger partial charge in [0.1, 0.15) is 5.60 Å². The third-order valence-corrected chi connectivity index (χ3v) is 3.65. The van der Waals surface area contributed by atoms with Crippen molar-refractivity contribution in [1.29, 1.82) is 0 Å². The van der Waals surface area contributed by atoms with E-state index in [0.29, 0.717) is 18.6 Å². The summed E-state index contributed by atoms with van der Waals surface area (Å²) in [6.07, 6.45) is 1.70. The molecule has 1 aromatic rings. The molecule has 0 fully saturated rings. The van der Waals surface area contributed by atoms with Crippen molar-refractivity contribution in [2.24, 2.45) is 0 Å². The molecule has 0 spiro atoms. The molecule has 0 heterocycles. The summed E-state index contributed by atoms with van der Waals surface area (Å²) in [4.78, 5) is 24.0. The summed E-state index contributed by atoms with van der Waals surface area (Å²) < 4.78 is 11.3. The molecule has 0 saturated heterocycles. The molecular formula is C19H26BrNO4. The Balaban J connectivity index is 2.92. The number of hydrogen-bond acceptors (Lipinski definition) is 4. The van der Waals surface area contributed by atoms with Gasteiger partial charge >= 0.3 is 12.1 Å². The van der Waals surface area contributed by atoms with Crippen LogP contribution in [-0.4, -0.2) is 30.3 Å². The number of alkyl carbamates (subject to hydrolysis) is 1. The number of ether oxygens (including phenoxy) is 2. The maximum atomic E-state index is 12.1. The van der Waals surface area contributed by atoms with Crippen LogP contribution in [0.3, 0.4) is 0 Å². The highest BCUT2D eigenvalue weighted by Crippen LogP contribution is 2.14. The third kappa shape index (κ3) is 8.72. The van der Waals surface area contributed by atoms with Crippen molar-refractivity contribution in [2.45, 2.75) is 52.7 Å². The summed E-state index contributed by atoms with van der Waals surface area (Å²) in [5, 5.41) is 2.81. The average Bonchev–Trinajstić information content (AvgIpc) is 2.47. The molecule has 0 aliphatic rings. The number of amides is 1. The van der Waals surface area contributed by atoms with Crippen molar-refractivity contribution >= 4 is 28.0 Å². The van der Waals surface area contributed by atoms with E-state index in [4.69, 9.17) is 9.47 Å². The van der Waals surface area contributed by atoms with Crippen LogP contribution in [0.1, 0.15) is 40.2 Å². The minimum absolute atomic E-state index is 0.306. The molecule has 1 N–H and O–H groups in total. The Morgan fingerprint density at radius 1 is 1.24 bits per heavy atom. The van der Waals surface area contributed by atoms with E-state index < -0.39 is 17.7 Å². The minimum atomic E-state index is -0.591. The summed E-state index contributed by atoms with van der Waals surface area (Å²) >= 11 is 3.40. The molecule has 0 aliphatic heterocycles. The van der Waals surface area contributed by atoms with E-state index in [0.717, 1.165) is 10.0 Å². The summed E-state index contributed by atoms with van der Waals surface area (Å²) in [5.41, 5.74) is 0.878. The van der Waals surface area contributed by atoms with Gasteiger partial charge in [0, 0.05) is 10.0 Å². The van der Waals surface area contributed by atoms with Crippen LogP contribution in [-0.2, 0) is 20.7 Å². The smallest absolute Gasteiger partial charge is 0.408 e. The van der Waals surface area contributed by atoms with Gasteiger partial charge in [-0.05, 0) is 58.7 Å². The van der Waals surface area contributed by atoms with Crippen LogP contribution in [0.2, 0.25) is 0 Å². The third-order valence-electron chi connectivity index (χ3n) is 3.12. The first-order valence-electron chi connectivity index (χ1n) is 8.20. The van der Waals surface area contributed by atoms with Crippen molar-refractivity contribution in [3.8, 4) is 0 Å². The molecule has 1 atom stereocenters. The van der Waals surface area contributed by atoms with Gasteiger partial charge in [-0.25, -0.2) is 9.59 Å². The monoisotopic (exact) mass is 411 g/mol. The number of carbonyl (C=O) groups is 2. The lowest BCUT2D eigenvalue weighted by Crippen LogP contribution is -2.39. The molecule has 0 unspecified atom stereocenters. The van der Waals surface area contributed by atoms with Crippen molar-refractivity contribution in [1.82, 2.24) is 5.32 Å². The van der Waals surface area contributed by atoms with E-state index in [1.54, 1.807) is 40.7 Å². The Morgan fingerprint density at radius 2 is 1.84 bits per heavy atom. The molecular weight excluding hydrogens is 386 g/mol. The molecule has 1 amide bonds. The SMILES string of the molecule is CCOC(=O)C(C)=C[C@@H](Cc1ccc(Br)cc1)NC(=O)OC(C)(C)C. The fourth-order valence-corrected chi connectivity index (χ4v) is 2.36. The number of rotatable bonds is 6. The lowest BCUT2D eigenvalue weighted by atomic mass is 10.0. The van der Waals surface area contributed by atoms with Gasteiger partial charge in [0.05, 0.1) is 12.6 Å². The molecule has 0 saturated carbocycles. The Kier molecular flexibility index (Phi) is 8.16. The molecule has 0 radical (unpaired) electrons. The Morgan fingerprint density at radius 3 is 2.36 bits per heavy atom. The number of nitrogens with one attached hydrogen (secondary N) is 1. The van der Waals surface area contributed by atoms with Crippen LogP contribution < -0.4 is 5.32 Å². The summed E-state index contributed by atoms with van der Waals surface area (Å²) in [6.45, 7) is 9.13. The van der Waals surface area contributed by atoms with Gasteiger partial charge in [0.25, 0.3) is 0 Å². The lowest BCUT2D eigenvalue weighted by Gasteiger charge is -2.22. The van der Waals surface area contributed by atoms with Crippen LogP contribution in [0.15, 0.2) is 40.4 Å². The second-order valence-corrected chi connectivity index (χ2v) is 7.57. The molecule has 5 nitrogen and oxygen atoms in total. The molecule has 1 aromatic carbocycles. The van der Waals surface area contributed by atoms with E-state index >= 15 is 0 Å². The van der Waals surface area contributed by atoms with Gasteiger partial charge in [0.15, 0.2) is 0 Å². The van der Waals surface area contributed by atoms with E-state index in [-0.39, 0.29) is 6.04 Å². The fraction of sp³-hybridized carbons (Fsp3) is 0.474. The Labute approximate surface area is 157 Å². The van der Waals surface area contributed by atoms with Gasteiger partial charge in [0.2, 0.25) is 0 Å². The number of halogens is 1. The molecule has 138 valence electrons. The predicted molar refractivity (Wildman–Crippen MR) is 101 cm³/mol. The Hall–Kier alpha value is -1.82. The number of esters is 1. The van der Waals surface area contributed by atoms with Gasteiger partial charge in [-0.15, -0.1) is 0 Å². The van der Waals surface area contributed by atoms with Crippen LogP contribution in [0.25, 0.3) is 0 Å². The number of benzene rings is 1. The van der Waals surface area contributed by atoms with Crippen LogP contribution in [0.4, 0.5) is 4.79 Å². The van der Waals surface area contributed by atoms with Crippen LogP contribution in [0.5, 0.6) is 0 Å². The normalized spacial score (nSPS) is 13.1. The lowest BCUT2D eigenvalue weighted by molar-refractivity contribution is -0.138. The maximum absolute atomic E-state index is 12.1. The first-order chi connectivity index (χ1) is 11.6. The average molecular weight is 412 g/mol. The van der Waals surface area contributed by atoms with Gasteiger partial charge in [-0.1, -0.05) is 34.1 Å². The predicted octanol–water partition coefficient (Wildman–Crippen LogP) is 4.39. The zero-order chi connectivity index (χ0) is 19.0. The van der Waals surface area contributed by atoms with Crippen LogP contribution in [0, 0.1) is 0 Å². The first-order valence-corrected chi connectivity index (χ1v) is 8.99.